The van der Waals surface area contributed by atoms with Crippen LogP contribution in [0.15, 0.2) is 48.5 Å². The SMILES string of the molecule is c1ccc2c(c1)Oc1ccccc1C2NC1CCSCC1. The second kappa shape index (κ2) is 5.74. The lowest BCUT2D eigenvalue weighted by Crippen LogP contribution is -2.37. The molecule has 0 spiro atoms. The monoisotopic (exact) mass is 297 g/mol. The minimum absolute atomic E-state index is 0.249. The van der Waals surface area contributed by atoms with Crippen molar-refractivity contribution in [1.29, 1.82) is 0 Å². The van der Waals surface area contributed by atoms with E-state index in [1.165, 1.54) is 35.5 Å². The second-order valence-corrected chi connectivity index (χ2v) is 6.89. The maximum atomic E-state index is 6.05. The van der Waals surface area contributed by atoms with Gasteiger partial charge in [-0.2, -0.15) is 11.8 Å². The van der Waals surface area contributed by atoms with Crippen LogP contribution >= 0.6 is 11.8 Å². The molecule has 2 aliphatic heterocycles. The smallest absolute Gasteiger partial charge is 0.132 e. The molecular weight excluding hydrogens is 278 g/mol. The summed E-state index contributed by atoms with van der Waals surface area (Å²) in [5.74, 6) is 4.51. The summed E-state index contributed by atoms with van der Waals surface area (Å²) in [6, 6.07) is 17.6. The number of para-hydroxylation sites is 2. The van der Waals surface area contributed by atoms with Crippen LogP contribution in [0.1, 0.15) is 30.0 Å². The number of thioether (sulfide) groups is 1. The standard InChI is InChI=1S/C18H19NOS/c1-3-7-16-14(5-1)18(19-13-9-11-21-12-10-13)15-6-2-4-8-17(15)20-16/h1-8,13,18-19H,9-12H2. The van der Waals surface area contributed by atoms with Crippen LogP contribution in [0.4, 0.5) is 0 Å². The molecule has 0 saturated carbocycles. The molecule has 1 N–H and O–H groups in total. The first-order chi connectivity index (χ1) is 10.4. The van der Waals surface area contributed by atoms with Gasteiger partial charge in [0.2, 0.25) is 0 Å². The zero-order valence-corrected chi connectivity index (χ0v) is 12.7. The van der Waals surface area contributed by atoms with Gasteiger partial charge in [-0.3, -0.25) is 0 Å². The van der Waals surface area contributed by atoms with Crippen LogP contribution in [0.3, 0.4) is 0 Å². The van der Waals surface area contributed by atoms with E-state index in [9.17, 15) is 0 Å². The van der Waals surface area contributed by atoms with Crippen molar-refractivity contribution in [3.63, 3.8) is 0 Å². The van der Waals surface area contributed by atoms with Crippen molar-refractivity contribution in [2.24, 2.45) is 0 Å². The molecule has 1 saturated heterocycles. The quantitative estimate of drug-likeness (QED) is 0.889. The fourth-order valence-electron chi connectivity index (χ4n) is 3.19. The van der Waals surface area contributed by atoms with Crippen molar-refractivity contribution < 1.29 is 4.74 Å². The highest BCUT2D eigenvalue weighted by Gasteiger charge is 2.28. The summed E-state index contributed by atoms with van der Waals surface area (Å²) in [5, 5.41) is 3.88. The van der Waals surface area contributed by atoms with Crippen LogP contribution < -0.4 is 10.1 Å². The van der Waals surface area contributed by atoms with E-state index in [-0.39, 0.29) is 6.04 Å². The molecule has 2 aromatic rings. The Morgan fingerprint density at radius 3 is 2.05 bits per heavy atom. The van der Waals surface area contributed by atoms with Gasteiger partial charge in [0.15, 0.2) is 0 Å². The molecule has 0 atom stereocenters. The molecule has 0 unspecified atom stereocenters. The third-order valence-electron chi connectivity index (χ3n) is 4.30. The third kappa shape index (κ3) is 2.56. The molecule has 2 aliphatic rings. The highest BCUT2D eigenvalue weighted by molar-refractivity contribution is 7.99. The Balaban J connectivity index is 1.70. The molecule has 2 nitrogen and oxygen atoms in total. The highest BCUT2D eigenvalue weighted by Crippen LogP contribution is 2.43. The number of hydrogen-bond acceptors (Lipinski definition) is 3. The van der Waals surface area contributed by atoms with Gasteiger partial charge >= 0.3 is 0 Å². The van der Waals surface area contributed by atoms with E-state index in [2.05, 4.69) is 53.5 Å². The lowest BCUT2D eigenvalue weighted by Gasteiger charge is -2.33. The summed E-state index contributed by atoms with van der Waals surface area (Å²) >= 11 is 2.07. The van der Waals surface area contributed by atoms with Gasteiger partial charge in [0, 0.05) is 17.2 Å². The lowest BCUT2D eigenvalue weighted by atomic mass is 9.93. The Labute approximate surface area is 129 Å². The Kier molecular flexibility index (Phi) is 3.62. The number of fused-ring (bicyclic) bond motifs is 2. The predicted octanol–water partition coefficient (Wildman–Crippen LogP) is 4.37. The number of rotatable bonds is 2. The predicted molar refractivity (Wildman–Crippen MR) is 88.3 cm³/mol. The molecule has 21 heavy (non-hydrogen) atoms. The van der Waals surface area contributed by atoms with E-state index in [1.54, 1.807) is 0 Å². The van der Waals surface area contributed by atoms with Gasteiger partial charge in [-0.1, -0.05) is 36.4 Å². The molecule has 1 fully saturated rings. The number of ether oxygens (including phenoxy) is 1. The highest BCUT2D eigenvalue weighted by atomic mass is 32.2. The zero-order valence-electron chi connectivity index (χ0n) is 11.9. The minimum atomic E-state index is 0.249. The molecule has 0 aliphatic carbocycles. The minimum Gasteiger partial charge on any atom is -0.457 e. The summed E-state index contributed by atoms with van der Waals surface area (Å²) in [4.78, 5) is 0. The summed E-state index contributed by atoms with van der Waals surface area (Å²) in [6.45, 7) is 0. The molecule has 2 aromatic carbocycles. The fourth-order valence-corrected chi connectivity index (χ4v) is 4.30. The van der Waals surface area contributed by atoms with Gasteiger partial charge in [0.25, 0.3) is 0 Å². The van der Waals surface area contributed by atoms with Gasteiger partial charge in [-0.15, -0.1) is 0 Å². The zero-order chi connectivity index (χ0) is 14.1. The maximum Gasteiger partial charge on any atom is 0.132 e. The van der Waals surface area contributed by atoms with Gasteiger partial charge in [-0.05, 0) is 36.5 Å². The van der Waals surface area contributed by atoms with E-state index < -0.39 is 0 Å². The molecule has 108 valence electrons. The molecule has 2 heterocycles. The van der Waals surface area contributed by atoms with E-state index in [0.717, 1.165) is 11.5 Å². The summed E-state index contributed by atoms with van der Waals surface area (Å²) in [6.07, 6.45) is 2.51. The van der Waals surface area contributed by atoms with E-state index in [0.29, 0.717) is 6.04 Å². The van der Waals surface area contributed by atoms with Crippen molar-refractivity contribution >= 4 is 11.8 Å². The van der Waals surface area contributed by atoms with E-state index in [1.807, 2.05) is 12.1 Å². The number of hydrogen-bond donors (Lipinski definition) is 1. The number of benzene rings is 2. The Morgan fingerprint density at radius 1 is 0.857 bits per heavy atom. The molecule has 3 heteroatoms. The average molecular weight is 297 g/mol. The van der Waals surface area contributed by atoms with Crippen molar-refractivity contribution in [1.82, 2.24) is 5.32 Å². The summed E-state index contributed by atoms with van der Waals surface area (Å²) in [7, 11) is 0. The van der Waals surface area contributed by atoms with Gasteiger partial charge in [-0.25, -0.2) is 0 Å². The first-order valence-electron chi connectivity index (χ1n) is 7.61. The van der Waals surface area contributed by atoms with Crippen LogP contribution in [-0.2, 0) is 0 Å². The van der Waals surface area contributed by atoms with Crippen molar-refractivity contribution in [3.05, 3.63) is 59.7 Å². The lowest BCUT2D eigenvalue weighted by molar-refractivity contribution is 0.392. The summed E-state index contributed by atoms with van der Waals surface area (Å²) < 4.78 is 6.05. The average Bonchev–Trinajstić information content (AvgIpc) is 2.55. The van der Waals surface area contributed by atoms with Gasteiger partial charge < -0.3 is 10.1 Å². The fraction of sp³-hybridized carbons (Fsp3) is 0.333. The first kappa shape index (κ1) is 13.2. The summed E-state index contributed by atoms with van der Waals surface area (Å²) in [5.41, 5.74) is 2.52. The molecule has 0 amide bonds. The molecule has 0 bridgehead atoms. The molecular formula is C18H19NOS. The van der Waals surface area contributed by atoms with Crippen LogP contribution in [0.5, 0.6) is 11.5 Å². The van der Waals surface area contributed by atoms with E-state index in [4.69, 9.17) is 4.74 Å². The molecule has 4 rings (SSSR count). The largest absolute Gasteiger partial charge is 0.457 e. The van der Waals surface area contributed by atoms with Crippen molar-refractivity contribution in [2.45, 2.75) is 24.9 Å². The van der Waals surface area contributed by atoms with Crippen molar-refractivity contribution in [2.75, 3.05) is 11.5 Å². The first-order valence-corrected chi connectivity index (χ1v) is 8.77. The number of nitrogens with one attached hydrogen (secondary N) is 1. The Bertz CT molecular complexity index is 591. The Morgan fingerprint density at radius 2 is 1.43 bits per heavy atom. The second-order valence-electron chi connectivity index (χ2n) is 5.66. The van der Waals surface area contributed by atoms with Crippen molar-refractivity contribution in [3.8, 4) is 11.5 Å². The van der Waals surface area contributed by atoms with E-state index >= 15 is 0 Å². The maximum absolute atomic E-state index is 6.05. The Hall–Kier alpha value is -1.45. The normalized spacial score (nSPS) is 18.7. The van der Waals surface area contributed by atoms with Gasteiger partial charge in [0.1, 0.15) is 11.5 Å². The third-order valence-corrected chi connectivity index (χ3v) is 5.35. The van der Waals surface area contributed by atoms with Crippen LogP contribution in [0.25, 0.3) is 0 Å². The van der Waals surface area contributed by atoms with Crippen LogP contribution in [0.2, 0.25) is 0 Å². The van der Waals surface area contributed by atoms with Gasteiger partial charge in [0.05, 0.1) is 6.04 Å². The van der Waals surface area contributed by atoms with Crippen LogP contribution in [-0.4, -0.2) is 17.5 Å². The molecule has 0 aromatic heterocycles. The topological polar surface area (TPSA) is 21.3 Å². The van der Waals surface area contributed by atoms with Crippen LogP contribution in [0, 0.1) is 0 Å². The molecule has 0 radical (unpaired) electrons.